The van der Waals surface area contributed by atoms with Crippen LogP contribution in [0.4, 0.5) is 11.5 Å². The van der Waals surface area contributed by atoms with E-state index in [-0.39, 0.29) is 5.91 Å². The second-order valence-corrected chi connectivity index (χ2v) is 7.88. The molecule has 0 unspecified atom stereocenters. The van der Waals surface area contributed by atoms with Gasteiger partial charge >= 0.3 is 0 Å². The third kappa shape index (κ3) is 4.21. The molecule has 0 atom stereocenters. The zero-order valence-corrected chi connectivity index (χ0v) is 17.8. The Labute approximate surface area is 187 Å². The molecule has 6 heteroatoms. The molecule has 6 nitrogen and oxygen atoms in total. The van der Waals surface area contributed by atoms with Gasteiger partial charge in [-0.15, -0.1) is 0 Å². The third-order valence-electron chi connectivity index (χ3n) is 5.57. The minimum Gasteiger partial charge on any atom is -0.340 e. The largest absolute Gasteiger partial charge is 0.340 e. The number of nitrogens with zero attached hydrogens (tertiary/aromatic N) is 4. The van der Waals surface area contributed by atoms with Gasteiger partial charge in [-0.2, -0.15) is 0 Å². The van der Waals surface area contributed by atoms with Crippen molar-refractivity contribution in [2.24, 2.45) is 0 Å². The molecular weight excluding hydrogens is 398 g/mol. The number of rotatable bonds is 5. The zero-order chi connectivity index (χ0) is 21.9. The smallest absolute Gasteiger partial charge is 0.256 e. The molecule has 1 N–H and O–H groups in total. The maximum atomic E-state index is 13.2. The van der Waals surface area contributed by atoms with Crippen LogP contribution in [0.2, 0.25) is 0 Å². The Morgan fingerprint density at radius 3 is 2.69 bits per heavy atom. The summed E-state index contributed by atoms with van der Waals surface area (Å²) in [7, 11) is 0. The summed E-state index contributed by atoms with van der Waals surface area (Å²) >= 11 is 0. The number of pyridine rings is 1. The van der Waals surface area contributed by atoms with Crippen molar-refractivity contribution in [3.05, 3.63) is 102 Å². The molecule has 1 aliphatic heterocycles. The fraction of sp³-hybridized carbons (Fsp3) is 0.154. The summed E-state index contributed by atoms with van der Waals surface area (Å²) in [5.41, 5.74) is 5.51. The number of amides is 1. The first-order valence-corrected chi connectivity index (χ1v) is 10.6. The number of carbonyl (C=O) groups is 1. The van der Waals surface area contributed by atoms with Gasteiger partial charge in [-0.25, -0.2) is 9.97 Å². The molecule has 0 fully saturated rings. The van der Waals surface area contributed by atoms with Crippen LogP contribution in [0.5, 0.6) is 0 Å². The van der Waals surface area contributed by atoms with E-state index < -0.39 is 0 Å². The lowest BCUT2D eigenvalue weighted by atomic mass is 9.99. The number of hydrogen-bond donors (Lipinski definition) is 1. The molecule has 2 aromatic heterocycles. The van der Waals surface area contributed by atoms with E-state index in [1.807, 2.05) is 72.6 Å². The highest BCUT2D eigenvalue weighted by atomic mass is 16.2. The number of fused-ring (bicyclic) bond motifs is 1. The van der Waals surface area contributed by atoms with E-state index in [4.69, 9.17) is 0 Å². The van der Waals surface area contributed by atoms with E-state index in [0.717, 1.165) is 40.3 Å². The molecule has 0 spiro atoms. The highest BCUT2D eigenvalue weighted by molar-refractivity contribution is 5.97. The molecule has 1 aliphatic rings. The molecule has 0 aliphatic carbocycles. The number of aromatic nitrogens is 3. The van der Waals surface area contributed by atoms with Gasteiger partial charge in [0.25, 0.3) is 5.91 Å². The predicted molar refractivity (Wildman–Crippen MR) is 125 cm³/mol. The lowest BCUT2D eigenvalue weighted by Gasteiger charge is -2.28. The second kappa shape index (κ2) is 8.59. The van der Waals surface area contributed by atoms with Crippen molar-refractivity contribution >= 4 is 17.4 Å². The minimum atomic E-state index is 0.0372. The average molecular weight is 422 g/mol. The van der Waals surface area contributed by atoms with Crippen LogP contribution < -0.4 is 5.32 Å². The molecule has 5 rings (SSSR count). The van der Waals surface area contributed by atoms with Crippen LogP contribution in [-0.4, -0.2) is 32.3 Å². The lowest BCUT2D eigenvalue weighted by Crippen LogP contribution is -2.37. The minimum absolute atomic E-state index is 0.0372. The van der Waals surface area contributed by atoms with Gasteiger partial charge in [0.2, 0.25) is 0 Å². The summed E-state index contributed by atoms with van der Waals surface area (Å²) in [6.45, 7) is 3.16. The van der Waals surface area contributed by atoms with Crippen LogP contribution in [0.15, 0.2) is 79.1 Å². The second-order valence-electron chi connectivity index (χ2n) is 7.88. The number of nitrogens with one attached hydrogen (secondary N) is 1. The van der Waals surface area contributed by atoms with Crippen LogP contribution in [0.25, 0.3) is 11.1 Å². The first-order valence-electron chi connectivity index (χ1n) is 10.6. The van der Waals surface area contributed by atoms with Gasteiger partial charge in [0.1, 0.15) is 11.6 Å². The molecule has 0 bridgehead atoms. The first-order chi connectivity index (χ1) is 15.7. The molecular formula is C26H23N5O. The lowest BCUT2D eigenvalue weighted by molar-refractivity contribution is 0.0725. The summed E-state index contributed by atoms with van der Waals surface area (Å²) in [6.07, 6.45) is 4.35. The van der Waals surface area contributed by atoms with Crippen molar-refractivity contribution in [2.75, 3.05) is 11.9 Å². The number of anilines is 2. The third-order valence-corrected chi connectivity index (χ3v) is 5.57. The monoisotopic (exact) mass is 421 g/mol. The van der Waals surface area contributed by atoms with Crippen molar-refractivity contribution in [3.63, 3.8) is 0 Å². The highest BCUT2D eigenvalue weighted by Gasteiger charge is 2.25. The maximum Gasteiger partial charge on any atom is 0.256 e. The van der Waals surface area contributed by atoms with E-state index in [1.165, 1.54) is 0 Å². The molecule has 0 saturated carbocycles. The Hall–Kier alpha value is -4.06. The van der Waals surface area contributed by atoms with Gasteiger partial charge in [-0.1, -0.05) is 42.5 Å². The fourth-order valence-corrected chi connectivity index (χ4v) is 3.95. The Balaban J connectivity index is 1.40. The Morgan fingerprint density at radius 2 is 1.84 bits per heavy atom. The topological polar surface area (TPSA) is 71.0 Å². The van der Waals surface area contributed by atoms with Crippen LogP contribution in [0, 0.1) is 6.92 Å². The Bertz CT molecular complexity index is 1270. The standard InChI is InChI=1S/C26H23N5O/c1-18-27-12-10-25(29-18)30-22-9-5-8-20(14-22)21-15-23-24(28-16-21)11-13-31(26(23)32)17-19-6-3-2-4-7-19/h2-10,12,14-16H,11,13,17H2,1H3,(H,27,29,30). The summed E-state index contributed by atoms with van der Waals surface area (Å²) in [5.74, 6) is 1.49. The van der Waals surface area contributed by atoms with Gasteiger partial charge in [0, 0.05) is 43.2 Å². The van der Waals surface area contributed by atoms with Crippen LogP contribution in [0.3, 0.4) is 0 Å². The SMILES string of the molecule is Cc1nccc(Nc2cccc(-c3cnc4c(c3)C(=O)N(Cc3ccccc3)CC4)c2)n1. The molecule has 4 aromatic rings. The Kier molecular flexibility index (Phi) is 5.34. The van der Waals surface area contributed by atoms with Gasteiger partial charge < -0.3 is 10.2 Å². The van der Waals surface area contributed by atoms with Crippen LogP contribution >= 0.6 is 0 Å². The van der Waals surface area contributed by atoms with Crippen molar-refractivity contribution in [1.29, 1.82) is 0 Å². The fourth-order valence-electron chi connectivity index (χ4n) is 3.95. The number of carbonyl (C=O) groups excluding carboxylic acids is 1. The van der Waals surface area contributed by atoms with Gasteiger partial charge in [-0.05, 0) is 42.3 Å². The summed E-state index contributed by atoms with van der Waals surface area (Å²) in [4.78, 5) is 28.3. The molecule has 158 valence electrons. The molecule has 0 radical (unpaired) electrons. The van der Waals surface area contributed by atoms with E-state index in [0.29, 0.717) is 24.5 Å². The average Bonchev–Trinajstić information content (AvgIpc) is 2.82. The molecule has 32 heavy (non-hydrogen) atoms. The van der Waals surface area contributed by atoms with Crippen LogP contribution in [0.1, 0.15) is 27.4 Å². The summed E-state index contributed by atoms with van der Waals surface area (Å²) in [6, 6.07) is 21.9. The number of aryl methyl sites for hydroxylation is 1. The van der Waals surface area contributed by atoms with E-state index >= 15 is 0 Å². The normalized spacial score (nSPS) is 13.0. The van der Waals surface area contributed by atoms with E-state index in [1.54, 1.807) is 6.20 Å². The van der Waals surface area contributed by atoms with Crippen molar-refractivity contribution in [2.45, 2.75) is 19.9 Å². The molecule has 2 aromatic carbocycles. The quantitative estimate of drug-likeness (QED) is 0.502. The molecule has 1 amide bonds. The van der Waals surface area contributed by atoms with Gasteiger partial charge in [0.15, 0.2) is 0 Å². The highest BCUT2D eigenvalue weighted by Crippen LogP contribution is 2.28. The first kappa shape index (κ1) is 19.9. The van der Waals surface area contributed by atoms with E-state index in [2.05, 4.69) is 32.4 Å². The van der Waals surface area contributed by atoms with Crippen molar-refractivity contribution < 1.29 is 4.79 Å². The van der Waals surface area contributed by atoms with Crippen LogP contribution in [-0.2, 0) is 13.0 Å². The summed E-state index contributed by atoms with van der Waals surface area (Å²) in [5, 5.41) is 3.31. The van der Waals surface area contributed by atoms with Gasteiger partial charge in [0.05, 0.1) is 11.3 Å². The Morgan fingerprint density at radius 1 is 0.969 bits per heavy atom. The predicted octanol–water partition coefficient (Wildman–Crippen LogP) is 4.79. The molecule has 3 heterocycles. The number of hydrogen-bond acceptors (Lipinski definition) is 5. The van der Waals surface area contributed by atoms with Crippen molar-refractivity contribution in [1.82, 2.24) is 19.9 Å². The summed E-state index contributed by atoms with van der Waals surface area (Å²) < 4.78 is 0. The van der Waals surface area contributed by atoms with Gasteiger partial charge in [-0.3, -0.25) is 9.78 Å². The number of benzene rings is 2. The van der Waals surface area contributed by atoms with E-state index in [9.17, 15) is 4.79 Å². The maximum absolute atomic E-state index is 13.2. The molecule has 0 saturated heterocycles. The van der Waals surface area contributed by atoms with Crippen molar-refractivity contribution in [3.8, 4) is 11.1 Å². The zero-order valence-electron chi connectivity index (χ0n) is 17.8.